The van der Waals surface area contributed by atoms with Gasteiger partial charge < -0.3 is 14.4 Å². The minimum absolute atomic E-state index is 0. The topological polar surface area (TPSA) is 91.7 Å². The number of sulfonamides is 1. The number of anilines is 2. The highest BCUT2D eigenvalue weighted by atomic mass is 32.2. The number of fused-ring (bicyclic) bond motifs is 1. The van der Waals surface area contributed by atoms with Crippen LogP contribution in [0.1, 0.15) is 17.1 Å². The van der Waals surface area contributed by atoms with Crippen LogP contribution in [0.4, 0.5) is 11.4 Å². The van der Waals surface area contributed by atoms with Crippen molar-refractivity contribution in [3.05, 3.63) is 87.3 Å². The van der Waals surface area contributed by atoms with Crippen LogP contribution >= 0.6 is 11.3 Å². The molecule has 3 heterocycles. The molecule has 4 aromatic rings. The summed E-state index contributed by atoms with van der Waals surface area (Å²) < 4.78 is 30.4. The first-order chi connectivity index (χ1) is 16.9. The first kappa shape index (κ1) is 25.5. The lowest BCUT2D eigenvalue weighted by molar-refractivity contribution is 0.0752. The molecule has 1 amide bonds. The Labute approximate surface area is 214 Å². The molecule has 0 atom stereocenters. The fourth-order valence-electron chi connectivity index (χ4n) is 4.38. The molecule has 36 heavy (non-hydrogen) atoms. The van der Waals surface area contributed by atoms with Crippen molar-refractivity contribution >= 4 is 49.5 Å². The second-order valence-electron chi connectivity index (χ2n) is 8.28. The quantitative estimate of drug-likeness (QED) is 0.426. The van der Waals surface area contributed by atoms with Crippen molar-refractivity contribution in [2.24, 2.45) is 7.05 Å². The Morgan fingerprint density at radius 1 is 0.917 bits per heavy atom. The van der Waals surface area contributed by atoms with Crippen LogP contribution in [0.5, 0.6) is 0 Å². The summed E-state index contributed by atoms with van der Waals surface area (Å²) in [6.45, 7) is 1.86. The number of pyridine rings is 1. The van der Waals surface area contributed by atoms with E-state index < -0.39 is 15.6 Å². The third kappa shape index (κ3) is 4.61. The molecule has 0 spiro atoms. The molecule has 0 aliphatic carbocycles. The molecule has 0 unspecified atom stereocenters. The molecule has 1 saturated heterocycles. The zero-order chi connectivity index (χ0) is 24.6. The molecule has 8 nitrogen and oxygen atoms in total. The molecule has 2 aromatic heterocycles. The van der Waals surface area contributed by atoms with E-state index in [1.165, 1.54) is 28.0 Å². The number of nitrogens with zero attached hydrogens (tertiary/aromatic N) is 3. The highest BCUT2D eigenvalue weighted by molar-refractivity contribution is 7.92. The third-order valence-electron chi connectivity index (χ3n) is 6.18. The van der Waals surface area contributed by atoms with Gasteiger partial charge in [-0.15, -0.1) is 11.3 Å². The van der Waals surface area contributed by atoms with Crippen LogP contribution in [0.2, 0.25) is 0 Å². The van der Waals surface area contributed by atoms with E-state index >= 15 is 0 Å². The van der Waals surface area contributed by atoms with Crippen molar-refractivity contribution in [1.29, 1.82) is 0 Å². The van der Waals surface area contributed by atoms with Gasteiger partial charge in [0.2, 0.25) is 0 Å². The van der Waals surface area contributed by atoms with Crippen molar-refractivity contribution in [1.82, 2.24) is 9.47 Å². The van der Waals surface area contributed by atoms with E-state index in [1.807, 2.05) is 46.7 Å². The van der Waals surface area contributed by atoms with Crippen LogP contribution in [0.25, 0.3) is 10.9 Å². The molecule has 1 fully saturated rings. The van der Waals surface area contributed by atoms with E-state index in [-0.39, 0.29) is 23.9 Å². The second kappa shape index (κ2) is 10.2. The van der Waals surface area contributed by atoms with Crippen LogP contribution in [0.3, 0.4) is 0 Å². The van der Waals surface area contributed by atoms with Crippen LogP contribution in [-0.2, 0) is 17.1 Å². The highest BCUT2D eigenvalue weighted by Gasteiger charge is 2.29. The minimum Gasteiger partial charge on any atom is -0.366 e. The maximum atomic E-state index is 13.4. The Kier molecular flexibility index (Phi) is 7.18. The SMILES string of the molecule is C.Cn1c(=O)c(NS(=O)(=O)c2ccccc2)c(N2CCN(C(=O)c3cccs3)CC2)c2ccccc21. The van der Waals surface area contributed by atoms with E-state index in [2.05, 4.69) is 4.72 Å². The lowest BCUT2D eigenvalue weighted by Gasteiger charge is -2.37. The molecule has 2 aromatic carbocycles. The monoisotopic (exact) mass is 524 g/mol. The van der Waals surface area contributed by atoms with E-state index in [9.17, 15) is 18.0 Å². The molecule has 0 saturated carbocycles. The number of rotatable bonds is 5. The van der Waals surface area contributed by atoms with Gasteiger partial charge in [-0.3, -0.25) is 14.3 Å². The van der Waals surface area contributed by atoms with Crippen LogP contribution < -0.4 is 15.2 Å². The van der Waals surface area contributed by atoms with Gasteiger partial charge in [-0.2, -0.15) is 0 Å². The fourth-order valence-corrected chi connectivity index (χ4v) is 6.16. The average Bonchev–Trinajstić information content (AvgIpc) is 3.43. The van der Waals surface area contributed by atoms with Gasteiger partial charge in [-0.05, 0) is 29.6 Å². The Morgan fingerprint density at radius 3 is 2.25 bits per heavy atom. The number of carbonyl (C=O) groups is 1. The first-order valence-electron chi connectivity index (χ1n) is 11.1. The molecule has 10 heteroatoms. The normalized spacial score (nSPS) is 13.9. The van der Waals surface area contributed by atoms with Crippen molar-refractivity contribution in [2.45, 2.75) is 12.3 Å². The maximum Gasteiger partial charge on any atom is 0.277 e. The summed E-state index contributed by atoms with van der Waals surface area (Å²) in [6, 6.07) is 19.1. The van der Waals surface area contributed by atoms with E-state index in [1.54, 1.807) is 30.1 Å². The van der Waals surface area contributed by atoms with Gasteiger partial charge in [0.05, 0.1) is 21.0 Å². The zero-order valence-corrected chi connectivity index (χ0v) is 20.7. The Balaban J connectivity index is 0.00000304. The second-order valence-corrected chi connectivity index (χ2v) is 10.9. The molecule has 1 aliphatic heterocycles. The number of amides is 1. The number of aromatic nitrogens is 1. The summed E-state index contributed by atoms with van der Waals surface area (Å²) in [7, 11) is -2.36. The molecule has 5 rings (SSSR count). The minimum atomic E-state index is -3.99. The number of hydrogen-bond donors (Lipinski definition) is 1. The summed E-state index contributed by atoms with van der Waals surface area (Å²) in [4.78, 5) is 30.8. The fraction of sp³-hybridized carbons (Fsp3) is 0.231. The van der Waals surface area contributed by atoms with Gasteiger partial charge in [0, 0.05) is 38.6 Å². The number of para-hydroxylation sites is 1. The van der Waals surface area contributed by atoms with Crippen molar-refractivity contribution in [3.8, 4) is 0 Å². The summed E-state index contributed by atoms with van der Waals surface area (Å²) >= 11 is 1.41. The molecular weight excluding hydrogens is 496 g/mol. The average molecular weight is 525 g/mol. The van der Waals surface area contributed by atoms with Crippen molar-refractivity contribution < 1.29 is 13.2 Å². The van der Waals surface area contributed by atoms with Gasteiger partial charge in [-0.25, -0.2) is 8.42 Å². The van der Waals surface area contributed by atoms with E-state index in [4.69, 9.17) is 0 Å². The number of piperazine rings is 1. The van der Waals surface area contributed by atoms with Gasteiger partial charge in [-0.1, -0.05) is 49.9 Å². The predicted octanol–water partition coefficient (Wildman–Crippen LogP) is 4.00. The van der Waals surface area contributed by atoms with Crippen molar-refractivity contribution in [2.75, 3.05) is 35.8 Å². The van der Waals surface area contributed by atoms with Gasteiger partial charge in [0.25, 0.3) is 21.5 Å². The Hall–Kier alpha value is -3.63. The van der Waals surface area contributed by atoms with Crippen LogP contribution in [-0.4, -0.2) is 50.0 Å². The Bertz CT molecular complexity index is 1540. The van der Waals surface area contributed by atoms with E-state index in [0.717, 1.165) is 5.39 Å². The smallest absolute Gasteiger partial charge is 0.277 e. The third-order valence-corrected chi connectivity index (χ3v) is 8.40. The highest BCUT2D eigenvalue weighted by Crippen LogP contribution is 2.34. The number of hydrogen-bond acceptors (Lipinski definition) is 6. The number of benzene rings is 2. The molecular formula is C26H28N4O4S2. The molecule has 1 aliphatic rings. The maximum absolute atomic E-state index is 13.4. The van der Waals surface area contributed by atoms with Gasteiger partial charge in [0.15, 0.2) is 0 Å². The van der Waals surface area contributed by atoms with Crippen LogP contribution in [0.15, 0.2) is 81.8 Å². The molecule has 1 N–H and O–H groups in total. The first-order valence-corrected chi connectivity index (χ1v) is 13.5. The van der Waals surface area contributed by atoms with Gasteiger partial charge in [0.1, 0.15) is 5.69 Å². The predicted molar refractivity (Wildman–Crippen MR) is 146 cm³/mol. The zero-order valence-electron chi connectivity index (χ0n) is 19.0. The van der Waals surface area contributed by atoms with Crippen LogP contribution in [0, 0.1) is 0 Å². The largest absolute Gasteiger partial charge is 0.366 e. The van der Waals surface area contributed by atoms with Gasteiger partial charge >= 0.3 is 0 Å². The summed E-state index contributed by atoms with van der Waals surface area (Å²) in [5.74, 6) is -0.0153. The number of aryl methyl sites for hydroxylation is 1. The number of nitrogens with one attached hydrogen (secondary N) is 1. The number of thiophene rings is 1. The molecule has 0 radical (unpaired) electrons. The summed E-state index contributed by atoms with van der Waals surface area (Å²) in [6.07, 6.45) is 0. The molecule has 188 valence electrons. The van der Waals surface area contributed by atoms with Crippen molar-refractivity contribution in [3.63, 3.8) is 0 Å². The summed E-state index contributed by atoms with van der Waals surface area (Å²) in [5, 5.41) is 2.64. The molecule has 0 bridgehead atoms. The Morgan fingerprint density at radius 2 is 1.58 bits per heavy atom. The number of carbonyl (C=O) groups excluding carboxylic acids is 1. The summed E-state index contributed by atoms with van der Waals surface area (Å²) in [5.41, 5.74) is 0.807. The standard InChI is InChI=1S/C25H24N4O4S2.CH4/c1-27-20-11-6-5-10-19(20)23(22(25(27)31)26-35(32,33)18-8-3-2-4-9-18)28-13-15-29(16-14-28)24(30)21-12-7-17-34-21;/h2-12,17,26H,13-16H2,1H3;1H4. The lowest BCUT2D eigenvalue weighted by Crippen LogP contribution is -2.49. The van der Waals surface area contributed by atoms with E-state index in [0.29, 0.717) is 42.3 Å². The lowest BCUT2D eigenvalue weighted by atomic mass is 10.1.